The highest BCUT2D eigenvalue weighted by atomic mass is 14.6. The molecule has 0 radical (unpaired) electrons. The molecule has 0 heterocycles. The lowest BCUT2D eigenvalue weighted by Crippen LogP contribution is -2.10. The Morgan fingerprint density at radius 3 is 1.91 bits per heavy atom. The van der Waals surface area contributed by atoms with Crippen molar-refractivity contribution in [1.29, 1.82) is 0 Å². The maximum absolute atomic E-state index is 6.47. The summed E-state index contributed by atoms with van der Waals surface area (Å²) in [5.41, 5.74) is 14.3. The first kappa shape index (κ1) is 14.1. The third-order valence-electron chi connectivity index (χ3n) is 4.92. The van der Waals surface area contributed by atoms with Gasteiger partial charge in [0.2, 0.25) is 0 Å². The molecule has 0 spiro atoms. The minimum absolute atomic E-state index is 0.213. The Hall–Kier alpha value is -2.54. The summed E-state index contributed by atoms with van der Waals surface area (Å²) in [6, 6.07) is 25.8. The summed E-state index contributed by atoms with van der Waals surface area (Å²) in [6.07, 6.45) is 3.56. The van der Waals surface area contributed by atoms with E-state index in [0.29, 0.717) is 0 Å². The molecule has 0 aromatic heterocycles. The van der Waals surface area contributed by atoms with Crippen molar-refractivity contribution in [3.63, 3.8) is 0 Å². The first-order chi connectivity index (χ1) is 11.3. The Morgan fingerprint density at radius 1 is 0.696 bits per heavy atom. The third kappa shape index (κ3) is 2.53. The van der Waals surface area contributed by atoms with Crippen LogP contribution in [-0.4, -0.2) is 0 Å². The van der Waals surface area contributed by atoms with Crippen molar-refractivity contribution < 1.29 is 0 Å². The number of anilines is 1. The van der Waals surface area contributed by atoms with Gasteiger partial charge in [0, 0.05) is 11.6 Å². The Morgan fingerprint density at radius 2 is 1.30 bits per heavy atom. The zero-order valence-electron chi connectivity index (χ0n) is 13.2. The molecule has 0 bridgehead atoms. The standard InChI is InChI=1S/C22H21N/c23-20-15-14-16-12-7-13-19(16)22(20)21(17-8-3-1-4-9-17)18-10-5-2-6-11-18/h1-6,8-11,14-15,21H,7,12-13,23H2. The van der Waals surface area contributed by atoms with E-state index in [9.17, 15) is 0 Å². The molecule has 0 fully saturated rings. The van der Waals surface area contributed by atoms with Crippen molar-refractivity contribution in [3.8, 4) is 0 Å². The van der Waals surface area contributed by atoms with Gasteiger partial charge in [-0.25, -0.2) is 0 Å². The predicted octanol–water partition coefficient (Wildman–Crippen LogP) is 4.94. The summed E-state index contributed by atoms with van der Waals surface area (Å²) in [7, 11) is 0. The SMILES string of the molecule is Nc1ccc2c(c1C(c1ccccc1)c1ccccc1)CCC2. The number of nitrogens with two attached hydrogens (primary N) is 1. The minimum atomic E-state index is 0.213. The van der Waals surface area contributed by atoms with Gasteiger partial charge in [-0.15, -0.1) is 0 Å². The van der Waals surface area contributed by atoms with Crippen molar-refractivity contribution in [3.05, 3.63) is 101 Å². The molecule has 1 nitrogen and oxygen atoms in total. The van der Waals surface area contributed by atoms with Crippen molar-refractivity contribution in [2.75, 3.05) is 5.73 Å². The van der Waals surface area contributed by atoms with Crippen molar-refractivity contribution >= 4 is 5.69 Å². The van der Waals surface area contributed by atoms with Crippen LogP contribution in [0.2, 0.25) is 0 Å². The van der Waals surface area contributed by atoms with Crippen LogP contribution in [0.25, 0.3) is 0 Å². The molecular weight excluding hydrogens is 278 g/mol. The maximum Gasteiger partial charge on any atom is 0.0363 e. The lowest BCUT2D eigenvalue weighted by molar-refractivity contribution is 0.894. The molecule has 0 aliphatic heterocycles. The number of rotatable bonds is 3. The van der Waals surface area contributed by atoms with Crippen LogP contribution in [0.3, 0.4) is 0 Å². The van der Waals surface area contributed by atoms with E-state index in [0.717, 1.165) is 12.1 Å². The molecule has 3 aromatic rings. The Kier molecular flexibility index (Phi) is 3.63. The van der Waals surface area contributed by atoms with E-state index < -0.39 is 0 Å². The van der Waals surface area contributed by atoms with Crippen LogP contribution in [0.1, 0.15) is 40.2 Å². The highest BCUT2D eigenvalue weighted by Crippen LogP contribution is 2.40. The quantitative estimate of drug-likeness (QED) is 0.538. The smallest absolute Gasteiger partial charge is 0.0363 e. The summed E-state index contributed by atoms with van der Waals surface area (Å²) in [4.78, 5) is 0. The van der Waals surface area contributed by atoms with Crippen LogP contribution in [-0.2, 0) is 12.8 Å². The molecule has 0 unspecified atom stereocenters. The fourth-order valence-corrected chi connectivity index (χ4v) is 3.87. The maximum atomic E-state index is 6.47. The van der Waals surface area contributed by atoms with Crippen LogP contribution < -0.4 is 5.73 Å². The lowest BCUT2D eigenvalue weighted by atomic mass is 9.81. The molecule has 23 heavy (non-hydrogen) atoms. The molecule has 0 saturated carbocycles. The second kappa shape index (κ2) is 5.92. The molecule has 3 aromatic carbocycles. The average molecular weight is 299 g/mol. The van der Waals surface area contributed by atoms with Crippen molar-refractivity contribution in [2.45, 2.75) is 25.2 Å². The molecule has 1 aliphatic carbocycles. The number of hydrogen-bond acceptors (Lipinski definition) is 1. The number of hydrogen-bond donors (Lipinski definition) is 1. The van der Waals surface area contributed by atoms with Gasteiger partial charge in [-0.2, -0.15) is 0 Å². The second-order valence-corrected chi connectivity index (χ2v) is 6.31. The third-order valence-corrected chi connectivity index (χ3v) is 4.92. The van der Waals surface area contributed by atoms with Crippen LogP contribution in [0, 0.1) is 0 Å². The highest BCUT2D eigenvalue weighted by Gasteiger charge is 2.25. The molecule has 114 valence electrons. The monoisotopic (exact) mass is 299 g/mol. The van der Waals surface area contributed by atoms with Crippen molar-refractivity contribution in [2.24, 2.45) is 0 Å². The molecule has 1 aliphatic rings. The molecular formula is C22H21N. The van der Waals surface area contributed by atoms with Gasteiger partial charge in [0.25, 0.3) is 0 Å². The van der Waals surface area contributed by atoms with Crippen LogP contribution >= 0.6 is 0 Å². The van der Waals surface area contributed by atoms with Gasteiger partial charge in [0.05, 0.1) is 0 Å². The van der Waals surface area contributed by atoms with Gasteiger partial charge >= 0.3 is 0 Å². The van der Waals surface area contributed by atoms with Gasteiger partial charge in [-0.1, -0.05) is 66.7 Å². The topological polar surface area (TPSA) is 26.0 Å². The van der Waals surface area contributed by atoms with Crippen LogP contribution in [0.15, 0.2) is 72.8 Å². The average Bonchev–Trinajstić information content (AvgIpc) is 3.08. The van der Waals surface area contributed by atoms with Gasteiger partial charge in [-0.3, -0.25) is 0 Å². The Labute approximate surface area is 137 Å². The predicted molar refractivity (Wildman–Crippen MR) is 96.7 cm³/mol. The van der Waals surface area contributed by atoms with Gasteiger partial charge < -0.3 is 5.73 Å². The number of aryl methyl sites for hydroxylation is 1. The Bertz CT molecular complexity index is 767. The molecule has 0 saturated heterocycles. The Balaban J connectivity index is 1.96. The first-order valence-corrected chi connectivity index (χ1v) is 8.34. The van der Waals surface area contributed by atoms with Gasteiger partial charge in [0.1, 0.15) is 0 Å². The zero-order chi connectivity index (χ0) is 15.6. The van der Waals surface area contributed by atoms with Crippen LogP contribution in [0.5, 0.6) is 0 Å². The lowest BCUT2D eigenvalue weighted by Gasteiger charge is -2.23. The van der Waals surface area contributed by atoms with E-state index in [1.165, 1.54) is 40.7 Å². The molecule has 0 atom stereocenters. The largest absolute Gasteiger partial charge is 0.398 e. The minimum Gasteiger partial charge on any atom is -0.398 e. The number of nitrogen functional groups attached to an aromatic ring is 1. The van der Waals surface area contributed by atoms with E-state index in [-0.39, 0.29) is 5.92 Å². The summed E-state index contributed by atoms with van der Waals surface area (Å²) < 4.78 is 0. The molecule has 4 rings (SSSR count). The fourth-order valence-electron chi connectivity index (χ4n) is 3.87. The molecule has 2 N–H and O–H groups in total. The summed E-state index contributed by atoms with van der Waals surface area (Å²) >= 11 is 0. The van der Waals surface area contributed by atoms with E-state index in [2.05, 4.69) is 72.8 Å². The van der Waals surface area contributed by atoms with E-state index in [1.54, 1.807) is 0 Å². The normalized spacial score (nSPS) is 13.3. The van der Waals surface area contributed by atoms with E-state index >= 15 is 0 Å². The zero-order valence-corrected chi connectivity index (χ0v) is 13.2. The van der Waals surface area contributed by atoms with Crippen molar-refractivity contribution in [1.82, 2.24) is 0 Å². The highest BCUT2D eigenvalue weighted by molar-refractivity contribution is 5.62. The van der Waals surface area contributed by atoms with Gasteiger partial charge in [-0.05, 0) is 53.1 Å². The summed E-state index contributed by atoms with van der Waals surface area (Å²) in [5.74, 6) is 0.213. The van der Waals surface area contributed by atoms with E-state index in [1.807, 2.05) is 0 Å². The second-order valence-electron chi connectivity index (χ2n) is 6.31. The number of benzene rings is 3. The summed E-state index contributed by atoms with van der Waals surface area (Å²) in [5, 5.41) is 0. The first-order valence-electron chi connectivity index (χ1n) is 8.34. The molecule has 0 amide bonds. The van der Waals surface area contributed by atoms with Gasteiger partial charge in [0.15, 0.2) is 0 Å². The number of fused-ring (bicyclic) bond motifs is 1. The molecule has 1 heteroatoms. The van der Waals surface area contributed by atoms with Crippen LogP contribution in [0.4, 0.5) is 5.69 Å². The summed E-state index contributed by atoms with van der Waals surface area (Å²) in [6.45, 7) is 0. The fraction of sp³-hybridized carbons (Fsp3) is 0.182. The van der Waals surface area contributed by atoms with E-state index in [4.69, 9.17) is 5.73 Å².